The van der Waals surface area contributed by atoms with E-state index in [1.807, 2.05) is 25.3 Å². The zero-order chi connectivity index (χ0) is 16.5. The number of nitrogens with one attached hydrogen (secondary N) is 1. The fourth-order valence-corrected chi connectivity index (χ4v) is 3.53. The molecule has 1 atom stereocenters. The van der Waals surface area contributed by atoms with Gasteiger partial charge in [0, 0.05) is 30.2 Å². The van der Waals surface area contributed by atoms with Crippen molar-refractivity contribution in [3.63, 3.8) is 0 Å². The number of rotatable bonds is 5. The van der Waals surface area contributed by atoms with Crippen molar-refractivity contribution in [2.45, 2.75) is 36.2 Å². The zero-order valence-corrected chi connectivity index (χ0v) is 14.2. The molecule has 1 aromatic carbocycles. The molecular weight excluding hydrogens is 326 g/mol. The van der Waals surface area contributed by atoms with Crippen molar-refractivity contribution in [3.05, 3.63) is 30.6 Å². The maximum absolute atomic E-state index is 12.5. The van der Waals surface area contributed by atoms with Gasteiger partial charge in [0.05, 0.1) is 5.25 Å². The average Bonchev–Trinajstić information content (AvgIpc) is 3.34. The van der Waals surface area contributed by atoms with Crippen molar-refractivity contribution >= 4 is 23.4 Å². The van der Waals surface area contributed by atoms with E-state index in [1.54, 1.807) is 12.3 Å². The number of fused-ring (bicyclic) bond motifs is 1. The van der Waals surface area contributed by atoms with E-state index in [2.05, 4.69) is 14.9 Å². The number of thioether (sulfide) groups is 1. The van der Waals surface area contributed by atoms with E-state index in [9.17, 15) is 4.79 Å². The molecule has 1 aliphatic carbocycles. The van der Waals surface area contributed by atoms with E-state index in [0.717, 1.165) is 5.16 Å². The molecule has 24 heavy (non-hydrogen) atoms. The van der Waals surface area contributed by atoms with E-state index in [0.29, 0.717) is 36.4 Å². The van der Waals surface area contributed by atoms with Crippen molar-refractivity contribution in [2.24, 2.45) is 0 Å². The number of anilines is 1. The minimum atomic E-state index is -0.238. The lowest BCUT2D eigenvalue weighted by Crippen LogP contribution is -2.23. The summed E-state index contributed by atoms with van der Waals surface area (Å²) in [6.07, 6.45) is 6.18. The molecule has 2 heterocycles. The van der Waals surface area contributed by atoms with Gasteiger partial charge in [-0.05, 0) is 31.9 Å². The highest BCUT2D eigenvalue weighted by atomic mass is 32.2. The number of ether oxygens (including phenoxy) is 2. The van der Waals surface area contributed by atoms with Crippen LogP contribution in [-0.2, 0) is 4.79 Å². The molecule has 1 fully saturated rings. The summed E-state index contributed by atoms with van der Waals surface area (Å²) in [7, 11) is 0. The van der Waals surface area contributed by atoms with Crippen LogP contribution < -0.4 is 14.8 Å². The number of nitrogens with zero attached hydrogens (tertiary/aromatic N) is 2. The van der Waals surface area contributed by atoms with Crippen molar-refractivity contribution in [1.82, 2.24) is 9.55 Å². The van der Waals surface area contributed by atoms with Gasteiger partial charge in [-0.3, -0.25) is 4.79 Å². The Bertz CT molecular complexity index is 757. The molecule has 1 amide bonds. The molecule has 4 rings (SSSR count). The van der Waals surface area contributed by atoms with Gasteiger partial charge in [0.15, 0.2) is 16.7 Å². The van der Waals surface area contributed by atoms with E-state index in [-0.39, 0.29) is 11.2 Å². The van der Waals surface area contributed by atoms with Gasteiger partial charge in [-0.1, -0.05) is 11.8 Å². The lowest BCUT2D eigenvalue weighted by atomic mass is 10.2. The van der Waals surface area contributed by atoms with E-state index in [1.165, 1.54) is 24.6 Å². The summed E-state index contributed by atoms with van der Waals surface area (Å²) in [5.74, 6) is 1.33. The van der Waals surface area contributed by atoms with Crippen LogP contribution >= 0.6 is 11.8 Å². The van der Waals surface area contributed by atoms with Crippen LogP contribution in [-0.4, -0.2) is 33.9 Å². The molecule has 0 spiro atoms. The summed E-state index contributed by atoms with van der Waals surface area (Å²) in [6, 6.07) is 6.01. The molecular formula is C17H19N3O3S. The van der Waals surface area contributed by atoms with Crippen molar-refractivity contribution < 1.29 is 14.3 Å². The van der Waals surface area contributed by atoms with Crippen LogP contribution in [0, 0.1) is 0 Å². The molecule has 0 saturated heterocycles. The molecule has 1 saturated carbocycles. The third-order valence-electron chi connectivity index (χ3n) is 4.03. The molecule has 6 nitrogen and oxygen atoms in total. The van der Waals surface area contributed by atoms with E-state index < -0.39 is 0 Å². The van der Waals surface area contributed by atoms with Crippen molar-refractivity contribution in [1.29, 1.82) is 0 Å². The third kappa shape index (κ3) is 3.21. The molecule has 1 unspecified atom stereocenters. The van der Waals surface area contributed by atoms with Gasteiger partial charge in [0.1, 0.15) is 13.2 Å². The Morgan fingerprint density at radius 3 is 2.92 bits per heavy atom. The van der Waals surface area contributed by atoms with Crippen LogP contribution in [0.1, 0.15) is 25.8 Å². The van der Waals surface area contributed by atoms with E-state index >= 15 is 0 Å². The normalized spacial score (nSPS) is 17.4. The van der Waals surface area contributed by atoms with Crippen LogP contribution in [0.4, 0.5) is 5.69 Å². The number of imidazole rings is 1. The van der Waals surface area contributed by atoms with Gasteiger partial charge < -0.3 is 19.4 Å². The minimum Gasteiger partial charge on any atom is -0.486 e. The number of carbonyl (C=O) groups is 1. The standard InChI is InChI=1S/C17H19N3O3S/c1-11(24-17-18-6-7-20(17)13-3-4-13)16(21)19-12-2-5-14-15(10-12)23-9-8-22-14/h2,5-7,10-11,13H,3-4,8-9H2,1H3,(H,19,21). The zero-order valence-electron chi connectivity index (χ0n) is 13.4. The number of aromatic nitrogens is 2. The first-order chi connectivity index (χ1) is 11.7. The summed E-state index contributed by atoms with van der Waals surface area (Å²) in [6.45, 7) is 2.98. The number of benzene rings is 1. The summed E-state index contributed by atoms with van der Waals surface area (Å²) < 4.78 is 13.2. The number of hydrogen-bond acceptors (Lipinski definition) is 5. The lowest BCUT2D eigenvalue weighted by molar-refractivity contribution is -0.115. The Labute approximate surface area is 144 Å². The molecule has 2 aromatic rings. The van der Waals surface area contributed by atoms with Crippen LogP contribution in [0.15, 0.2) is 35.7 Å². The van der Waals surface area contributed by atoms with Gasteiger partial charge in [0.25, 0.3) is 0 Å². The smallest absolute Gasteiger partial charge is 0.237 e. The SMILES string of the molecule is CC(Sc1nccn1C1CC1)C(=O)Nc1ccc2c(c1)OCCO2. The fraction of sp³-hybridized carbons (Fsp3) is 0.412. The largest absolute Gasteiger partial charge is 0.486 e. The lowest BCUT2D eigenvalue weighted by Gasteiger charge is -2.19. The number of hydrogen-bond donors (Lipinski definition) is 1. The first-order valence-corrected chi connectivity index (χ1v) is 8.98. The number of amides is 1. The first-order valence-electron chi connectivity index (χ1n) is 8.11. The minimum absolute atomic E-state index is 0.0537. The quantitative estimate of drug-likeness (QED) is 0.844. The predicted molar refractivity (Wildman–Crippen MR) is 91.9 cm³/mol. The van der Waals surface area contributed by atoms with Crippen LogP contribution in [0.5, 0.6) is 11.5 Å². The second-order valence-electron chi connectivity index (χ2n) is 5.96. The number of carbonyl (C=O) groups excluding carboxylic acids is 1. The maximum Gasteiger partial charge on any atom is 0.237 e. The van der Waals surface area contributed by atoms with Gasteiger partial charge in [-0.25, -0.2) is 4.98 Å². The van der Waals surface area contributed by atoms with Gasteiger partial charge in [0.2, 0.25) is 5.91 Å². The molecule has 1 aromatic heterocycles. The molecule has 0 bridgehead atoms. The highest BCUT2D eigenvalue weighted by molar-refractivity contribution is 8.00. The fourth-order valence-electron chi connectivity index (χ4n) is 2.60. The maximum atomic E-state index is 12.5. The van der Waals surface area contributed by atoms with Gasteiger partial charge in [-0.15, -0.1) is 0 Å². The Kier molecular flexibility index (Phi) is 4.10. The van der Waals surface area contributed by atoms with Gasteiger partial charge in [-0.2, -0.15) is 0 Å². The molecule has 2 aliphatic rings. The van der Waals surface area contributed by atoms with Crippen molar-refractivity contribution in [3.8, 4) is 11.5 Å². The second-order valence-corrected chi connectivity index (χ2v) is 7.26. The summed E-state index contributed by atoms with van der Waals surface area (Å²) in [5, 5.41) is 3.60. The van der Waals surface area contributed by atoms with Crippen LogP contribution in [0.2, 0.25) is 0 Å². The average molecular weight is 345 g/mol. The first kappa shape index (κ1) is 15.4. The molecule has 1 N–H and O–H groups in total. The van der Waals surface area contributed by atoms with Gasteiger partial charge >= 0.3 is 0 Å². The monoisotopic (exact) mass is 345 g/mol. The molecule has 126 valence electrons. The Hall–Kier alpha value is -2.15. The van der Waals surface area contributed by atoms with Crippen molar-refractivity contribution in [2.75, 3.05) is 18.5 Å². The molecule has 1 aliphatic heterocycles. The summed E-state index contributed by atoms with van der Waals surface area (Å²) in [5.41, 5.74) is 0.710. The highest BCUT2D eigenvalue weighted by Crippen LogP contribution is 2.38. The van der Waals surface area contributed by atoms with Crippen LogP contribution in [0.25, 0.3) is 0 Å². The Morgan fingerprint density at radius 1 is 1.33 bits per heavy atom. The highest BCUT2D eigenvalue weighted by Gasteiger charge is 2.27. The summed E-state index contributed by atoms with van der Waals surface area (Å²) >= 11 is 1.49. The second kappa shape index (κ2) is 6.39. The predicted octanol–water partition coefficient (Wildman–Crippen LogP) is 3.11. The molecule has 7 heteroatoms. The van der Waals surface area contributed by atoms with Crippen LogP contribution in [0.3, 0.4) is 0 Å². The summed E-state index contributed by atoms with van der Waals surface area (Å²) in [4.78, 5) is 16.8. The Balaban J connectivity index is 1.41. The Morgan fingerprint density at radius 2 is 2.12 bits per heavy atom. The molecule has 0 radical (unpaired) electrons. The third-order valence-corrected chi connectivity index (χ3v) is 5.13. The topological polar surface area (TPSA) is 65.4 Å². The van der Waals surface area contributed by atoms with E-state index in [4.69, 9.17) is 9.47 Å².